The normalized spacial score (nSPS) is 13.4. The summed E-state index contributed by atoms with van der Waals surface area (Å²) in [5.41, 5.74) is 1.91. The predicted molar refractivity (Wildman–Crippen MR) is 118 cm³/mol. The van der Waals surface area contributed by atoms with E-state index in [1.54, 1.807) is 12.1 Å². The van der Waals surface area contributed by atoms with Crippen LogP contribution in [0.4, 0.5) is 4.39 Å². The monoisotopic (exact) mass is 401 g/mol. The van der Waals surface area contributed by atoms with E-state index in [4.69, 9.17) is 4.74 Å². The van der Waals surface area contributed by atoms with Crippen LogP contribution in [-0.2, 0) is 0 Å². The molecule has 0 aliphatic rings. The summed E-state index contributed by atoms with van der Waals surface area (Å²) in [6, 6.07) is 15.1. The zero-order valence-electron chi connectivity index (χ0n) is 18.0. The Morgan fingerprint density at radius 3 is 2.31 bits per heavy atom. The summed E-state index contributed by atoms with van der Waals surface area (Å²) in [5.74, 6) is 0.314. The Kier molecular flexibility index (Phi) is 10.2. The lowest BCUT2D eigenvalue weighted by Gasteiger charge is -2.19. The van der Waals surface area contributed by atoms with Gasteiger partial charge in [-0.15, -0.1) is 0 Å². The molecule has 0 heterocycles. The van der Waals surface area contributed by atoms with Crippen molar-refractivity contribution in [1.29, 1.82) is 0 Å². The number of hydrogen-bond acceptors (Lipinski definition) is 3. The van der Waals surface area contributed by atoms with Crippen LogP contribution in [0.1, 0.15) is 76.1 Å². The standard InChI is InChI=1S/C25H36FNO2/c1-4-9-20(10-5-2)18-29-25-17-22(13-14-23(25)26)24(28)15-16-27-19(3)21-11-7-6-8-12-21/h6-8,11-14,17,19-20,24,27-28H,4-5,9-10,15-16,18H2,1-3H3/t19-,24-/m0/s1. The largest absolute Gasteiger partial charge is 0.490 e. The summed E-state index contributed by atoms with van der Waals surface area (Å²) in [4.78, 5) is 0. The van der Waals surface area contributed by atoms with Crippen LogP contribution >= 0.6 is 0 Å². The highest BCUT2D eigenvalue weighted by Crippen LogP contribution is 2.26. The molecule has 0 radical (unpaired) electrons. The van der Waals surface area contributed by atoms with E-state index in [0.717, 1.165) is 25.7 Å². The molecule has 2 aromatic rings. The molecule has 0 unspecified atom stereocenters. The average Bonchev–Trinajstić information content (AvgIpc) is 2.73. The van der Waals surface area contributed by atoms with Gasteiger partial charge in [0.15, 0.2) is 11.6 Å². The first kappa shape index (κ1) is 23.4. The van der Waals surface area contributed by atoms with Gasteiger partial charge in [0.1, 0.15) is 0 Å². The molecule has 3 nitrogen and oxygen atoms in total. The number of benzene rings is 2. The quantitative estimate of drug-likeness (QED) is 0.420. The fraction of sp³-hybridized carbons (Fsp3) is 0.520. The highest BCUT2D eigenvalue weighted by atomic mass is 19.1. The third-order valence-electron chi connectivity index (χ3n) is 5.38. The van der Waals surface area contributed by atoms with Gasteiger partial charge in [0.2, 0.25) is 0 Å². The van der Waals surface area contributed by atoms with Gasteiger partial charge in [-0.25, -0.2) is 4.39 Å². The lowest BCUT2D eigenvalue weighted by molar-refractivity contribution is 0.164. The second-order valence-electron chi connectivity index (χ2n) is 7.84. The maximum atomic E-state index is 14.2. The second kappa shape index (κ2) is 12.6. The van der Waals surface area contributed by atoms with Crippen LogP contribution < -0.4 is 10.1 Å². The van der Waals surface area contributed by atoms with E-state index >= 15 is 0 Å². The molecule has 0 aliphatic heterocycles. The second-order valence-corrected chi connectivity index (χ2v) is 7.84. The van der Waals surface area contributed by atoms with Crippen molar-refractivity contribution in [2.75, 3.05) is 13.2 Å². The molecular formula is C25H36FNO2. The molecule has 0 aliphatic carbocycles. The number of aliphatic hydroxyl groups is 1. The van der Waals surface area contributed by atoms with Crippen molar-refractivity contribution in [2.24, 2.45) is 5.92 Å². The van der Waals surface area contributed by atoms with E-state index in [2.05, 4.69) is 38.2 Å². The Hall–Kier alpha value is -1.91. The zero-order chi connectivity index (χ0) is 21.1. The predicted octanol–water partition coefficient (Wildman–Crippen LogP) is 6.20. The number of halogens is 1. The smallest absolute Gasteiger partial charge is 0.165 e. The van der Waals surface area contributed by atoms with Crippen molar-refractivity contribution in [3.05, 3.63) is 65.5 Å². The van der Waals surface area contributed by atoms with Crippen LogP contribution in [0.5, 0.6) is 5.75 Å². The Balaban J connectivity index is 1.88. The molecule has 0 bridgehead atoms. The van der Waals surface area contributed by atoms with Gasteiger partial charge in [-0.05, 0) is 61.9 Å². The maximum absolute atomic E-state index is 14.2. The van der Waals surface area contributed by atoms with Crippen molar-refractivity contribution in [3.8, 4) is 5.75 Å². The first-order valence-corrected chi connectivity index (χ1v) is 10.9. The molecule has 0 spiro atoms. The van der Waals surface area contributed by atoms with Gasteiger partial charge in [0.05, 0.1) is 12.7 Å². The minimum absolute atomic E-state index is 0.213. The van der Waals surface area contributed by atoms with Crippen LogP contribution in [0.3, 0.4) is 0 Å². The Morgan fingerprint density at radius 1 is 0.966 bits per heavy atom. The van der Waals surface area contributed by atoms with E-state index in [-0.39, 0.29) is 17.6 Å². The summed E-state index contributed by atoms with van der Waals surface area (Å²) in [6.07, 6.45) is 4.27. The fourth-order valence-electron chi connectivity index (χ4n) is 3.64. The number of rotatable bonds is 13. The minimum atomic E-state index is -0.657. The molecule has 2 rings (SSSR count). The topological polar surface area (TPSA) is 41.5 Å². The SMILES string of the molecule is CCCC(CCC)COc1cc([C@@H](O)CCN[C@@H](C)c2ccccc2)ccc1F. The van der Waals surface area contributed by atoms with Crippen LogP contribution in [0.2, 0.25) is 0 Å². The van der Waals surface area contributed by atoms with E-state index in [1.807, 2.05) is 18.2 Å². The van der Waals surface area contributed by atoms with Crippen LogP contribution in [0.25, 0.3) is 0 Å². The molecule has 2 atom stereocenters. The van der Waals surface area contributed by atoms with Gasteiger partial charge in [-0.3, -0.25) is 0 Å². The summed E-state index contributed by atoms with van der Waals surface area (Å²) in [5, 5.41) is 14.0. The molecule has 2 N–H and O–H groups in total. The zero-order valence-corrected chi connectivity index (χ0v) is 18.0. The highest BCUT2D eigenvalue weighted by Gasteiger charge is 2.14. The summed E-state index contributed by atoms with van der Waals surface area (Å²) in [7, 11) is 0. The van der Waals surface area contributed by atoms with Gasteiger partial charge in [0.25, 0.3) is 0 Å². The number of hydrogen-bond donors (Lipinski definition) is 2. The number of aliphatic hydroxyl groups excluding tert-OH is 1. The summed E-state index contributed by atoms with van der Waals surface area (Å²) in [6.45, 7) is 7.61. The van der Waals surface area contributed by atoms with E-state index < -0.39 is 6.10 Å². The van der Waals surface area contributed by atoms with Gasteiger partial charge in [-0.2, -0.15) is 0 Å². The molecule has 0 saturated heterocycles. The van der Waals surface area contributed by atoms with E-state index in [9.17, 15) is 9.50 Å². The molecule has 0 aromatic heterocycles. The maximum Gasteiger partial charge on any atom is 0.165 e. The first-order chi connectivity index (χ1) is 14.0. The van der Waals surface area contributed by atoms with Crippen molar-refractivity contribution < 1.29 is 14.2 Å². The van der Waals surface area contributed by atoms with Crippen molar-refractivity contribution in [1.82, 2.24) is 5.32 Å². The average molecular weight is 402 g/mol. The lowest BCUT2D eigenvalue weighted by atomic mass is 9.99. The van der Waals surface area contributed by atoms with Crippen molar-refractivity contribution in [2.45, 2.75) is 65.0 Å². The first-order valence-electron chi connectivity index (χ1n) is 10.9. The molecule has 0 saturated carbocycles. The van der Waals surface area contributed by atoms with Crippen LogP contribution in [0.15, 0.2) is 48.5 Å². The minimum Gasteiger partial charge on any atom is -0.490 e. The van der Waals surface area contributed by atoms with Gasteiger partial charge in [0, 0.05) is 6.04 Å². The van der Waals surface area contributed by atoms with Gasteiger partial charge in [-0.1, -0.05) is 63.1 Å². The molecule has 4 heteroatoms. The van der Waals surface area contributed by atoms with Gasteiger partial charge < -0.3 is 15.2 Å². The third-order valence-corrected chi connectivity index (χ3v) is 5.38. The number of nitrogens with one attached hydrogen (secondary N) is 1. The lowest BCUT2D eigenvalue weighted by Crippen LogP contribution is -2.21. The molecule has 2 aromatic carbocycles. The van der Waals surface area contributed by atoms with Crippen molar-refractivity contribution >= 4 is 0 Å². The highest BCUT2D eigenvalue weighted by molar-refractivity contribution is 5.31. The van der Waals surface area contributed by atoms with E-state index in [0.29, 0.717) is 31.1 Å². The fourth-order valence-corrected chi connectivity index (χ4v) is 3.64. The molecule has 160 valence electrons. The van der Waals surface area contributed by atoms with Gasteiger partial charge >= 0.3 is 0 Å². The molecule has 0 amide bonds. The Bertz CT molecular complexity index is 701. The van der Waals surface area contributed by atoms with Crippen molar-refractivity contribution in [3.63, 3.8) is 0 Å². The van der Waals surface area contributed by atoms with E-state index in [1.165, 1.54) is 11.6 Å². The number of ether oxygens (including phenoxy) is 1. The Labute approximate surface area is 175 Å². The molecular weight excluding hydrogens is 365 g/mol. The van der Waals surface area contributed by atoms with Crippen LogP contribution in [0, 0.1) is 11.7 Å². The molecule has 0 fully saturated rings. The van der Waals surface area contributed by atoms with Crippen LogP contribution in [-0.4, -0.2) is 18.3 Å². The Morgan fingerprint density at radius 2 is 1.66 bits per heavy atom. The summed E-state index contributed by atoms with van der Waals surface area (Å²) >= 11 is 0. The third kappa shape index (κ3) is 7.79. The molecule has 29 heavy (non-hydrogen) atoms. The summed E-state index contributed by atoms with van der Waals surface area (Å²) < 4.78 is 20.0.